The van der Waals surface area contributed by atoms with Gasteiger partial charge in [-0.3, -0.25) is 23.9 Å². The van der Waals surface area contributed by atoms with Crippen molar-refractivity contribution in [3.05, 3.63) is 110 Å². The molecule has 4 rings (SSSR count). The summed E-state index contributed by atoms with van der Waals surface area (Å²) in [6.07, 6.45) is 3.16. The molecule has 2 heterocycles. The van der Waals surface area contributed by atoms with Gasteiger partial charge in [0.2, 0.25) is 0 Å². The van der Waals surface area contributed by atoms with Crippen LogP contribution in [0.3, 0.4) is 0 Å². The molecule has 0 aliphatic carbocycles. The third kappa shape index (κ3) is 4.78. The minimum atomic E-state index is -0.941. The Morgan fingerprint density at radius 2 is 1.74 bits per heavy atom. The Hall–Kier alpha value is -4.53. The lowest BCUT2D eigenvalue weighted by Gasteiger charge is -2.16. The molecule has 0 spiro atoms. The Kier molecular flexibility index (Phi) is 6.35. The number of aromatic nitrogens is 3. The number of benzene rings is 2. The van der Waals surface area contributed by atoms with Crippen LogP contribution in [0.5, 0.6) is 0 Å². The van der Waals surface area contributed by atoms with E-state index in [1.54, 1.807) is 61.8 Å². The molecule has 3 N–H and O–H groups in total. The molecule has 1 atom stereocenters. The van der Waals surface area contributed by atoms with Crippen LogP contribution in [0.1, 0.15) is 40.0 Å². The number of hydrogen-bond acceptors (Lipinski definition) is 5. The van der Waals surface area contributed by atoms with Gasteiger partial charge in [0.1, 0.15) is 0 Å². The second-order valence-corrected chi connectivity index (χ2v) is 7.89. The third-order valence-corrected chi connectivity index (χ3v) is 5.60. The second-order valence-electron chi connectivity index (χ2n) is 7.89. The fourth-order valence-electron chi connectivity index (χ4n) is 3.74. The molecule has 0 bridgehead atoms. The van der Waals surface area contributed by atoms with Crippen molar-refractivity contribution < 1.29 is 14.7 Å². The Morgan fingerprint density at radius 3 is 2.41 bits per heavy atom. The van der Waals surface area contributed by atoms with Crippen LogP contribution in [0.15, 0.2) is 76.6 Å². The molecule has 0 radical (unpaired) electrons. The van der Waals surface area contributed by atoms with E-state index in [0.29, 0.717) is 28.8 Å². The fraction of sp³-hybridized carbons (Fsp3) is 0.160. The molecule has 1 unspecified atom stereocenters. The number of carbonyl (C=O) groups is 2. The molecule has 9 heteroatoms. The highest BCUT2D eigenvalue weighted by Crippen LogP contribution is 2.17. The van der Waals surface area contributed by atoms with Gasteiger partial charge in [0.25, 0.3) is 11.5 Å². The molecular weight excluding hydrogens is 436 g/mol. The quantitative estimate of drug-likeness (QED) is 0.389. The van der Waals surface area contributed by atoms with Gasteiger partial charge in [-0.2, -0.15) is 0 Å². The van der Waals surface area contributed by atoms with Crippen LogP contribution < -0.4 is 16.6 Å². The number of amides is 1. The van der Waals surface area contributed by atoms with Crippen LogP contribution in [-0.2, 0) is 17.8 Å². The van der Waals surface area contributed by atoms with E-state index < -0.39 is 23.3 Å². The van der Waals surface area contributed by atoms with E-state index >= 15 is 0 Å². The number of aliphatic carboxylic acids is 1. The summed E-state index contributed by atoms with van der Waals surface area (Å²) in [5.74, 6) is -1.29. The van der Waals surface area contributed by atoms with E-state index in [0.717, 1.165) is 10.1 Å². The largest absolute Gasteiger partial charge is 0.481 e. The number of carbonyl (C=O) groups excluding carboxylic acids is 1. The summed E-state index contributed by atoms with van der Waals surface area (Å²) in [7, 11) is 0. The van der Waals surface area contributed by atoms with Crippen molar-refractivity contribution in [3.63, 3.8) is 0 Å². The van der Waals surface area contributed by atoms with Gasteiger partial charge in [-0.25, -0.2) is 4.79 Å². The third-order valence-electron chi connectivity index (χ3n) is 5.60. The smallest absolute Gasteiger partial charge is 0.329 e. The maximum atomic E-state index is 13.3. The molecule has 0 saturated heterocycles. The maximum Gasteiger partial charge on any atom is 0.329 e. The molecule has 0 fully saturated rings. The van der Waals surface area contributed by atoms with Gasteiger partial charge in [0.15, 0.2) is 0 Å². The van der Waals surface area contributed by atoms with Crippen molar-refractivity contribution in [2.75, 3.05) is 0 Å². The first-order valence-corrected chi connectivity index (χ1v) is 10.6. The van der Waals surface area contributed by atoms with E-state index in [9.17, 15) is 19.2 Å². The fourth-order valence-corrected chi connectivity index (χ4v) is 3.74. The van der Waals surface area contributed by atoms with Gasteiger partial charge in [-0.15, -0.1) is 0 Å². The summed E-state index contributed by atoms with van der Waals surface area (Å²) in [6.45, 7) is 2.02. The van der Waals surface area contributed by atoms with Gasteiger partial charge in [-0.1, -0.05) is 24.3 Å². The molecule has 0 aliphatic rings. The number of aromatic amines is 1. The molecule has 1 amide bonds. The summed E-state index contributed by atoms with van der Waals surface area (Å²) in [5, 5.41) is 11.9. The Morgan fingerprint density at radius 1 is 1.03 bits per heavy atom. The van der Waals surface area contributed by atoms with Crippen molar-refractivity contribution in [2.45, 2.75) is 25.9 Å². The van der Waals surface area contributed by atoms with E-state index in [1.165, 1.54) is 12.1 Å². The zero-order valence-electron chi connectivity index (χ0n) is 18.3. The summed E-state index contributed by atoms with van der Waals surface area (Å²) in [5.41, 5.74) is 1.71. The normalized spacial score (nSPS) is 11.8. The number of carboxylic acid groups (broad SMARTS) is 1. The number of H-pyrrole nitrogens is 1. The predicted molar refractivity (Wildman–Crippen MR) is 126 cm³/mol. The van der Waals surface area contributed by atoms with E-state index in [-0.39, 0.29) is 17.7 Å². The predicted octanol–water partition coefficient (Wildman–Crippen LogP) is 2.25. The monoisotopic (exact) mass is 458 g/mol. The SMILES string of the molecule is CC(c1ccc(CC(=O)O)cc1)n1c(=O)[nH]c2ccc(C(=O)NCc3ccncc3)cc2c1=O. The molecule has 0 aliphatic heterocycles. The Bertz CT molecular complexity index is 1470. The average molecular weight is 458 g/mol. The van der Waals surface area contributed by atoms with Gasteiger partial charge in [0.05, 0.1) is 23.4 Å². The zero-order valence-corrected chi connectivity index (χ0v) is 18.3. The highest BCUT2D eigenvalue weighted by molar-refractivity contribution is 5.97. The molecule has 34 heavy (non-hydrogen) atoms. The first-order chi connectivity index (χ1) is 16.3. The van der Waals surface area contributed by atoms with Gasteiger partial charge in [-0.05, 0) is 53.9 Å². The van der Waals surface area contributed by atoms with E-state index in [2.05, 4.69) is 15.3 Å². The van der Waals surface area contributed by atoms with Crippen molar-refractivity contribution in [3.8, 4) is 0 Å². The number of nitrogens with one attached hydrogen (secondary N) is 2. The van der Waals surface area contributed by atoms with Crippen molar-refractivity contribution >= 4 is 22.8 Å². The standard InChI is InChI=1S/C25H22N4O5/c1-15(18-4-2-16(3-5-18)12-22(30)31)29-24(33)20-13-19(6-7-21(20)28-25(29)34)23(32)27-14-17-8-10-26-11-9-17/h2-11,13,15H,12,14H2,1H3,(H,27,32)(H,28,34)(H,30,31). The minimum Gasteiger partial charge on any atom is -0.481 e. The van der Waals surface area contributed by atoms with Crippen LogP contribution in [0.4, 0.5) is 0 Å². The number of rotatable bonds is 7. The van der Waals surface area contributed by atoms with Crippen LogP contribution in [0.25, 0.3) is 10.9 Å². The Balaban J connectivity index is 1.64. The number of pyridine rings is 1. The first kappa shape index (κ1) is 22.7. The van der Waals surface area contributed by atoms with Crippen LogP contribution in [0, 0.1) is 0 Å². The topological polar surface area (TPSA) is 134 Å². The molecule has 2 aromatic heterocycles. The summed E-state index contributed by atoms with van der Waals surface area (Å²) >= 11 is 0. The van der Waals surface area contributed by atoms with Crippen LogP contribution in [0.2, 0.25) is 0 Å². The van der Waals surface area contributed by atoms with Crippen molar-refractivity contribution in [2.24, 2.45) is 0 Å². The van der Waals surface area contributed by atoms with Gasteiger partial charge >= 0.3 is 11.7 Å². The van der Waals surface area contributed by atoms with Gasteiger partial charge in [0, 0.05) is 24.5 Å². The highest BCUT2D eigenvalue weighted by atomic mass is 16.4. The molecule has 0 saturated carbocycles. The number of carboxylic acids is 1. The van der Waals surface area contributed by atoms with Crippen LogP contribution >= 0.6 is 0 Å². The Labute approximate surface area is 193 Å². The lowest BCUT2D eigenvalue weighted by Crippen LogP contribution is -2.37. The number of fused-ring (bicyclic) bond motifs is 1. The average Bonchev–Trinajstić information content (AvgIpc) is 2.83. The van der Waals surface area contributed by atoms with Crippen molar-refractivity contribution in [1.82, 2.24) is 19.9 Å². The van der Waals surface area contributed by atoms with E-state index in [1.807, 2.05) is 0 Å². The van der Waals surface area contributed by atoms with Crippen LogP contribution in [-0.4, -0.2) is 31.5 Å². The minimum absolute atomic E-state index is 0.114. The lowest BCUT2D eigenvalue weighted by molar-refractivity contribution is -0.136. The zero-order chi connectivity index (χ0) is 24.2. The molecular formula is C25H22N4O5. The van der Waals surface area contributed by atoms with E-state index in [4.69, 9.17) is 5.11 Å². The maximum absolute atomic E-state index is 13.3. The number of nitrogens with zero attached hydrogens (tertiary/aromatic N) is 2. The second kappa shape index (κ2) is 9.53. The molecule has 172 valence electrons. The summed E-state index contributed by atoms with van der Waals surface area (Å²) in [4.78, 5) is 56.1. The van der Waals surface area contributed by atoms with Gasteiger partial charge < -0.3 is 15.4 Å². The first-order valence-electron chi connectivity index (χ1n) is 10.6. The molecule has 9 nitrogen and oxygen atoms in total. The molecule has 2 aromatic carbocycles. The van der Waals surface area contributed by atoms with Crippen molar-refractivity contribution in [1.29, 1.82) is 0 Å². The number of hydrogen-bond donors (Lipinski definition) is 3. The molecule has 4 aromatic rings. The summed E-state index contributed by atoms with van der Waals surface area (Å²) < 4.78 is 1.09. The highest BCUT2D eigenvalue weighted by Gasteiger charge is 2.17. The summed E-state index contributed by atoms with van der Waals surface area (Å²) in [6, 6.07) is 14.2. The lowest BCUT2D eigenvalue weighted by atomic mass is 10.0.